The smallest absolute Gasteiger partial charge is 0.328 e. The molecule has 1 rings (SSSR count). The summed E-state index contributed by atoms with van der Waals surface area (Å²) < 4.78 is 5.48. The Balaban J connectivity index is 2.69. The molecule has 0 aliphatic carbocycles. The molecule has 0 spiro atoms. The van der Waals surface area contributed by atoms with E-state index in [-0.39, 0.29) is 18.9 Å². The van der Waals surface area contributed by atoms with Gasteiger partial charge in [-0.2, -0.15) is 0 Å². The van der Waals surface area contributed by atoms with Crippen molar-refractivity contribution >= 4 is 29.6 Å². The second kappa shape index (κ2) is 8.22. The highest BCUT2D eigenvalue weighted by molar-refractivity contribution is 6.30. The molecule has 6 heteroatoms. The number of hydrogen-bond acceptors (Lipinski definition) is 3. The normalized spacial score (nSPS) is 10.5. The Morgan fingerprint density at radius 1 is 1.45 bits per heavy atom. The lowest BCUT2D eigenvalue weighted by Crippen LogP contribution is -2.24. The Morgan fingerprint density at radius 3 is 2.85 bits per heavy atom. The van der Waals surface area contributed by atoms with Crippen LogP contribution in [0.2, 0.25) is 5.02 Å². The molecular formula is C14H16ClNO4. The monoisotopic (exact) mass is 297 g/mol. The Hall–Kier alpha value is -2.01. The van der Waals surface area contributed by atoms with Crippen molar-refractivity contribution in [3.63, 3.8) is 0 Å². The lowest BCUT2D eigenvalue weighted by molar-refractivity contribution is -0.131. The van der Waals surface area contributed by atoms with Crippen molar-refractivity contribution in [2.24, 2.45) is 0 Å². The second-order valence-corrected chi connectivity index (χ2v) is 4.34. The van der Waals surface area contributed by atoms with Crippen molar-refractivity contribution in [2.45, 2.75) is 13.3 Å². The summed E-state index contributed by atoms with van der Waals surface area (Å²) in [7, 11) is 0. The Morgan fingerprint density at radius 2 is 2.20 bits per heavy atom. The molecule has 0 bridgehead atoms. The highest BCUT2D eigenvalue weighted by Gasteiger charge is 2.05. The van der Waals surface area contributed by atoms with Gasteiger partial charge in [0.2, 0.25) is 5.91 Å². The van der Waals surface area contributed by atoms with Crippen LogP contribution < -0.4 is 10.1 Å². The van der Waals surface area contributed by atoms with Crippen molar-refractivity contribution in [1.82, 2.24) is 5.32 Å². The molecule has 0 aromatic heterocycles. The molecule has 0 unspecified atom stereocenters. The minimum Gasteiger partial charge on any atom is -0.492 e. The Labute approximate surface area is 122 Å². The van der Waals surface area contributed by atoms with E-state index in [0.29, 0.717) is 22.9 Å². The van der Waals surface area contributed by atoms with E-state index in [1.165, 1.54) is 6.08 Å². The molecule has 20 heavy (non-hydrogen) atoms. The van der Waals surface area contributed by atoms with Gasteiger partial charge < -0.3 is 15.2 Å². The van der Waals surface area contributed by atoms with Crippen LogP contribution in [0.15, 0.2) is 24.3 Å². The molecule has 5 nitrogen and oxygen atoms in total. The number of rotatable bonds is 7. The summed E-state index contributed by atoms with van der Waals surface area (Å²) in [5.74, 6) is -0.668. The van der Waals surface area contributed by atoms with Gasteiger partial charge >= 0.3 is 5.97 Å². The van der Waals surface area contributed by atoms with Crippen LogP contribution in [0.3, 0.4) is 0 Å². The van der Waals surface area contributed by atoms with Gasteiger partial charge in [0.15, 0.2) is 0 Å². The van der Waals surface area contributed by atoms with Crippen LogP contribution in [0.1, 0.15) is 18.9 Å². The summed E-state index contributed by atoms with van der Waals surface area (Å²) >= 11 is 5.86. The summed E-state index contributed by atoms with van der Waals surface area (Å²) in [6.07, 6.45) is 2.64. The number of halogens is 1. The zero-order valence-corrected chi connectivity index (χ0v) is 11.8. The number of hydrogen-bond donors (Lipinski definition) is 2. The molecule has 0 aliphatic rings. The molecule has 0 fully saturated rings. The summed E-state index contributed by atoms with van der Waals surface area (Å²) in [6.45, 7) is 2.63. The van der Waals surface area contributed by atoms with Gasteiger partial charge in [-0.15, -0.1) is 0 Å². The lowest BCUT2D eigenvalue weighted by atomic mass is 10.2. The zero-order valence-electron chi connectivity index (χ0n) is 11.1. The molecule has 0 aliphatic heterocycles. The Bertz CT molecular complexity index is 514. The van der Waals surface area contributed by atoms with E-state index in [0.717, 1.165) is 6.08 Å². The van der Waals surface area contributed by atoms with Gasteiger partial charge in [-0.3, -0.25) is 4.79 Å². The first-order chi connectivity index (χ1) is 9.52. The Kier molecular flexibility index (Phi) is 6.59. The largest absolute Gasteiger partial charge is 0.492 e. The van der Waals surface area contributed by atoms with E-state index in [1.807, 2.05) is 6.92 Å². The third-order valence-corrected chi connectivity index (χ3v) is 2.57. The van der Waals surface area contributed by atoms with Crippen molar-refractivity contribution in [2.75, 3.05) is 13.2 Å². The molecule has 1 aromatic carbocycles. The third-order valence-electron chi connectivity index (χ3n) is 2.34. The second-order valence-electron chi connectivity index (χ2n) is 3.91. The molecule has 2 N–H and O–H groups in total. The fourth-order valence-corrected chi connectivity index (χ4v) is 1.66. The fraction of sp³-hybridized carbons (Fsp3) is 0.286. The van der Waals surface area contributed by atoms with Crippen LogP contribution in [0.25, 0.3) is 6.08 Å². The number of carboxylic acid groups (broad SMARTS) is 1. The molecule has 0 heterocycles. The van der Waals surface area contributed by atoms with E-state index in [2.05, 4.69) is 5.32 Å². The quantitative estimate of drug-likeness (QED) is 0.758. The van der Waals surface area contributed by atoms with Crippen molar-refractivity contribution in [3.05, 3.63) is 34.9 Å². The molecule has 108 valence electrons. The number of carbonyl (C=O) groups is 2. The summed E-state index contributed by atoms with van der Waals surface area (Å²) in [6, 6.07) is 4.88. The highest BCUT2D eigenvalue weighted by Crippen LogP contribution is 2.24. The van der Waals surface area contributed by atoms with Crippen LogP contribution in [-0.2, 0) is 9.59 Å². The van der Waals surface area contributed by atoms with Gasteiger partial charge in [-0.1, -0.05) is 11.6 Å². The predicted molar refractivity (Wildman–Crippen MR) is 76.9 cm³/mol. The average molecular weight is 298 g/mol. The predicted octanol–water partition coefficient (Wildman–Crippen LogP) is 2.34. The fourth-order valence-electron chi connectivity index (χ4n) is 1.48. The van der Waals surface area contributed by atoms with E-state index < -0.39 is 5.97 Å². The van der Waals surface area contributed by atoms with Gasteiger partial charge in [-0.05, 0) is 31.2 Å². The van der Waals surface area contributed by atoms with E-state index in [9.17, 15) is 9.59 Å². The number of amides is 1. The zero-order chi connectivity index (χ0) is 15.0. The van der Waals surface area contributed by atoms with Crippen LogP contribution in [0.4, 0.5) is 0 Å². The van der Waals surface area contributed by atoms with Crippen LogP contribution >= 0.6 is 11.6 Å². The standard InChI is InChI=1S/C14H16ClNO4/c1-2-16-13(17)7-8-20-12-5-4-11(15)9-10(12)3-6-14(18)19/h3-6,9H,2,7-8H2,1H3,(H,16,17)(H,18,19). The molecule has 1 aromatic rings. The lowest BCUT2D eigenvalue weighted by Gasteiger charge is -2.09. The maximum Gasteiger partial charge on any atom is 0.328 e. The van der Waals surface area contributed by atoms with Crippen LogP contribution in [-0.4, -0.2) is 30.1 Å². The van der Waals surface area contributed by atoms with Crippen molar-refractivity contribution in [3.8, 4) is 5.75 Å². The average Bonchev–Trinajstić information content (AvgIpc) is 2.38. The van der Waals surface area contributed by atoms with Crippen molar-refractivity contribution in [1.29, 1.82) is 0 Å². The summed E-state index contributed by atoms with van der Waals surface area (Å²) in [5, 5.41) is 11.8. The molecular weight excluding hydrogens is 282 g/mol. The third kappa shape index (κ3) is 5.75. The van der Waals surface area contributed by atoms with E-state index in [1.54, 1.807) is 18.2 Å². The maximum absolute atomic E-state index is 11.3. The van der Waals surface area contributed by atoms with E-state index >= 15 is 0 Å². The first-order valence-electron chi connectivity index (χ1n) is 6.13. The van der Waals surface area contributed by atoms with Crippen molar-refractivity contribution < 1.29 is 19.4 Å². The van der Waals surface area contributed by atoms with E-state index in [4.69, 9.17) is 21.4 Å². The summed E-state index contributed by atoms with van der Waals surface area (Å²) in [5.41, 5.74) is 0.552. The van der Waals surface area contributed by atoms with Gasteiger partial charge in [0.25, 0.3) is 0 Å². The molecule has 0 atom stereocenters. The van der Waals surface area contributed by atoms with Gasteiger partial charge in [0.05, 0.1) is 13.0 Å². The number of carboxylic acids is 1. The molecule has 0 saturated carbocycles. The molecule has 0 radical (unpaired) electrons. The van der Waals surface area contributed by atoms with Gasteiger partial charge in [0, 0.05) is 23.2 Å². The summed E-state index contributed by atoms with van der Waals surface area (Å²) in [4.78, 5) is 21.8. The number of aliphatic carboxylic acids is 1. The van der Waals surface area contributed by atoms with Crippen LogP contribution in [0.5, 0.6) is 5.75 Å². The number of carbonyl (C=O) groups excluding carboxylic acids is 1. The molecule has 0 saturated heterocycles. The maximum atomic E-state index is 11.3. The van der Waals surface area contributed by atoms with Gasteiger partial charge in [0.1, 0.15) is 5.75 Å². The topological polar surface area (TPSA) is 75.6 Å². The van der Waals surface area contributed by atoms with Gasteiger partial charge in [-0.25, -0.2) is 4.79 Å². The SMILES string of the molecule is CCNC(=O)CCOc1ccc(Cl)cc1C=CC(=O)O. The first-order valence-corrected chi connectivity index (χ1v) is 6.50. The first kappa shape index (κ1) is 16.0. The number of nitrogens with one attached hydrogen (secondary N) is 1. The van der Waals surface area contributed by atoms with Crippen LogP contribution in [0, 0.1) is 0 Å². The minimum absolute atomic E-state index is 0.0934. The minimum atomic E-state index is -1.06. The number of ether oxygens (including phenoxy) is 1. The number of benzene rings is 1. The molecule has 1 amide bonds. The highest BCUT2D eigenvalue weighted by atomic mass is 35.5.